The van der Waals surface area contributed by atoms with Crippen LogP contribution in [0.2, 0.25) is 0 Å². The molecule has 3 heteroatoms. The Morgan fingerprint density at radius 3 is 3.07 bits per heavy atom. The fourth-order valence-electron chi connectivity index (χ4n) is 1.07. The Morgan fingerprint density at radius 1 is 1.60 bits per heavy atom. The summed E-state index contributed by atoms with van der Waals surface area (Å²) in [6.45, 7) is 4.08. The van der Waals surface area contributed by atoms with Crippen molar-refractivity contribution in [2.45, 2.75) is 20.3 Å². The maximum atomic E-state index is 10.6. The van der Waals surface area contributed by atoms with E-state index in [4.69, 9.17) is 0 Å². The largest absolute Gasteiger partial charge is 0.355 e. The molecule has 1 heterocycles. The van der Waals surface area contributed by atoms with Crippen LogP contribution in [0.15, 0.2) is 18.5 Å². The molecule has 0 spiro atoms. The number of aromatic nitrogens is 1. The molecule has 0 radical (unpaired) electrons. The Hall–Kier alpha value is -1.82. The average Bonchev–Trinajstić information content (AvgIpc) is 2.20. The number of hydrogen-bond acceptors (Lipinski definition) is 2. The van der Waals surface area contributed by atoms with Gasteiger partial charge in [-0.2, -0.15) is 0 Å². The zero-order chi connectivity index (χ0) is 11.1. The smallest absolute Gasteiger partial charge is 0.216 e. The van der Waals surface area contributed by atoms with E-state index in [0.29, 0.717) is 13.0 Å². The number of carbonyl (C=O) groups excluding carboxylic acids is 1. The zero-order valence-corrected chi connectivity index (χ0v) is 9.00. The number of amides is 1. The Kier molecular flexibility index (Phi) is 4.36. The number of aryl methyl sites for hydroxylation is 1. The van der Waals surface area contributed by atoms with Crippen molar-refractivity contribution in [3.63, 3.8) is 0 Å². The third-order valence-corrected chi connectivity index (χ3v) is 1.87. The van der Waals surface area contributed by atoms with Crippen molar-refractivity contribution in [2.24, 2.45) is 0 Å². The van der Waals surface area contributed by atoms with E-state index in [1.54, 1.807) is 12.4 Å². The van der Waals surface area contributed by atoms with Crippen molar-refractivity contribution in [1.29, 1.82) is 0 Å². The minimum Gasteiger partial charge on any atom is -0.355 e. The van der Waals surface area contributed by atoms with Gasteiger partial charge in [-0.05, 0) is 18.6 Å². The molecular weight excluding hydrogens is 188 g/mol. The monoisotopic (exact) mass is 202 g/mol. The summed E-state index contributed by atoms with van der Waals surface area (Å²) in [5, 5.41) is 2.69. The molecule has 1 rings (SSSR count). The van der Waals surface area contributed by atoms with E-state index in [1.807, 2.05) is 13.0 Å². The summed E-state index contributed by atoms with van der Waals surface area (Å²) in [6.07, 6.45) is 4.18. The summed E-state index contributed by atoms with van der Waals surface area (Å²) in [5.41, 5.74) is 2.07. The van der Waals surface area contributed by atoms with Crippen LogP contribution in [0.25, 0.3) is 0 Å². The van der Waals surface area contributed by atoms with E-state index in [-0.39, 0.29) is 5.91 Å². The van der Waals surface area contributed by atoms with Crippen LogP contribution >= 0.6 is 0 Å². The molecule has 1 amide bonds. The molecule has 0 aliphatic rings. The van der Waals surface area contributed by atoms with Gasteiger partial charge in [0.25, 0.3) is 0 Å². The highest BCUT2D eigenvalue weighted by molar-refractivity contribution is 5.72. The van der Waals surface area contributed by atoms with E-state index in [9.17, 15) is 4.79 Å². The van der Waals surface area contributed by atoms with Crippen molar-refractivity contribution in [3.8, 4) is 11.8 Å². The van der Waals surface area contributed by atoms with E-state index in [2.05, 4.69) is 22.1 Å². The summed E-state index contributed by atoms with van der Waals surface area (Å²) in [7, 11) is 0. The summed E-state index contributed by atoms with van der Waals surface area (Å²) in [4.78, 5) is 14.6. The zero-order valence-electron chi connectivity index (χ0n) is 9.00. The molecule has 0 fully saturated rings. The van der Waals surface area contributed by atoms with Gasteiger partial charge in [0.05, 0.1) is 0 Å². The molecule has 0 unspecified atom stereocenters. The molecule has 3 nitrogen and oxygen atoms in total. The van der Waals surface area contributed by atoms with Crippen LogP contribution in [-0.4, -0.2) is 17.4 Å². The van der Waals surface area contributed by atoms with Crippen molar-refractivity contribution in [2.75, 3.05) is 6.54 Å². The van der Waals surface area contributed by atoms with Gasteiger partial charge in [0.15, 0.2) is 0 Å². The predicted molar refractivity (Wildman–Crippen MR) is 59.2 cm³/mol. The fraction of sp³-hybridized carbons (Fsp3) is 0.333. The quantitative estimate of drug-likeness (QED) is 0.579. The first-order valence-corrected chi connectivity index (χ1v) is 4.84. The lowest BCUT2D eigenvalue weighted by Gasteiger charge is -1.96. The first kappa shape index (κ1) is 11.3. The molecule has 1 aromatic heterocycles. The predicted octanol–water partition coefficient (Wildman–Crippen LogP) is 1.27. The highest BCUT2D eigenvalue weighted by Crippen LogP contribution is 2.01. The molecule has 15 heavy (non-hydrogen) atoms. The molecule has 0 saturated heterocycles. The Labute approximate surface area is 89.9 Å². The summed E-state index contributed by atoms with van der Waals surface area (Å²) >= 11 is 0. The number of nitrogens with one attached hydrogen (secondary N) is 1. The van der Waals surface area contributed by atoms with E-state index in [0.717, 1.165) is 11.1 Å². The van der Waals surface area contributed by atoms with Gasteiger partial charge in [-0.15, -0.1) is 0 Å². The van der Waals surface area contributed by atoms with Crippen molar-refractivity contribution >= 4 is 5.91 Å². The van der Waals surface area contributed by atoms with Gasteiger partial charge < -0.3 is 5.32 Å². The maximum Gasteiger partial charge on any atom is 0.216 e. The Bertz CT molecular complexity index is 402. The minimum absolute atomic E-state index is 0.0168. The third-order valence-electron chi connectivity index (χ3n) is 1.87. The van der Waals surface area contributed by atoms with Crippen LogP contribution in [0.1, 0.15) is 24.5 Å². The molecule has 0 aliphatic carbocycles. The van der Waals surface area contributed by atoms with E-state index in [1.165, 1.54) is 6.92 Å². The van der Waals surface area contributed by atoms with Crippen LogP contribution in [0.5, 0.6) is 0 Å². The van der Waals surface area contributed by atoms with Gasteiger partial charge in [0, 0.05) is 37.8 Å². The average molecular weight is 202 g/mol. The maximum absolute atomic E-state index is 10.6. The molecule has 1 N–H and O–H groups in total. The van der Waals surface area contributed by atoms with Crippen molar-refractivity contribution in [3.05, 3.63) is 29.6 Å². The first-order chi connectivity index (χ1) is 7.20. The molecule has 78 valence electrons. The molecule has 0 aliphatic heterocycles. The lowest BCUT2D eigenvalue weighted by Crippen LogP contribution is -2.20. The lowest BCUT2D eigenvalue weighted by molar-refractivity contribution is -0.118. The van der Waals surface area contributed by atoms with Gasteiger partial charge in [0.1, 0.15) is 0 Å². The SMILES string of the molecule is CC(=O)NCCC#Cc1ccncc1C. The van der Waals surface area contributed by atoms with Gasteiger partial charge in [-0.3, -0.25) is 9.78 Å². The van der Waals surface area contributed by atoms with Crippen molar-refractivity contribution < 1.29 is 4.79 Å². The highest BCUT2D eigenvalue weighted by atomic mass is 16.1. The van der Waals surface area contributed by atoms with Gasteiger partial charge in [0.2, 0.25) is 5.91 Å². The second kappa shape index (κ2) is 5.82. The van der Waals surface area contributed by atoms with Gasteiger partial charge in [-0.25, -0.2) is 0 Å². The normalized spacial score (nSPS) is 8.93. The number of hydrogen-bond donors (Lipinski definition) is 1. The van der Waals surface area contributed by atoms with Crippen LogP contribution < -0.4 is 5.32 Å². The lowest BCUT2D eigenvalue weighted by atomic mass is 10.1. The topological polar surface area (TPSA) is 42.0 Å². The Morgan fingerprint density at radius 2 is 2.40 bits per heavy atom. The van der Waals surface area contributed by atoms with Gasteiger partial charge in [-0.1, -0.05) is 11.8 Å². The van der Waals surface area contributed by atoms with Crippen LogP contribution in [0.3, 0.4) is 0 Å². The number of nitrogens with zero attached hydrogens (tertiary/aromatic N) is 1. The second-order valence-electron chi connectivity index (χ2n) is 3.23. The minimum atomic E-state index is -0.0168. The first-order valence-electron chi connectivity index (χ1n) is 4.84. The van der Waals surface area contributed by atoms with Crippen molar-refractivity contribution in [1.82, 2.24) is 10.3 Å². The summed E-state index contributed by atoms with van der Waals surface area (Å²) in [6, 6.07) is 1.89. The molecule has 0 bridgehead atoms. The third kappa shape index (κ3) is 4.28. The van der Waals surface area contributed by atoms with Crippen LogP contribution in [0, 0.1) is 18.8 Å². The fourth-order valence-corrected chi connectivity index (χ4v) is 1.07. The van der Waals surface area contributed by atoms with Crippen LogP contribution in [0.4, 0.5) is 0 Å². The number of pyridine rings is 1. The standard InChI is InChI=1S/C12H14N2O/c1-10-9-13-8-6-12(10)5-3-4-7-14-11(2)15/h6,8-9H,4,7H2,1-2H3,(H,14,15). The summed E-state index contributed by atoms with van der Waals surface area (Å²) in [5.74, 6) is 6.03. The van der Waals surface area contributed by atoms with E-state index >= 15 is 0 Å². The van der Waals surface area contributed by atoms with Gasteiger partial charge >= 0.3 is 0 Å². The highest BCUT2D eigenvalue weighted by Gasteiger charge is 1.91. The molecule has 0 atom stereocenters. The van der Waals surface area contributed by atoms with Crippen LogP contribution in [-0.2, 0) is 4.79 Å². The van der Waals surface area contributed by atoms with E-state index < -0.39 is 0 Å². The molecule has 0 aromatic carbocycles. The second-order valence-corrected chi connectivity index (χ2v) is 3.23. The molecule has 0 saturated carbocycles. The number of carbonyl (C=O) groups is 1. The molecule has 1 aromatic rings. The Balaban J connectivity index is 2.45. The molecular formula is C12H14N2O. The summed E-state index contributed by atoms with van der Waals surface area (Å²) < 4.78 is 0. The number of rotatable bonds is 2.